The quantitative estimate of drug-likeness (QED) is 0.532. The van der Waals surface area contributed by atoms with E-state index >= 15 is 0 Å². The van der Waals surface area contributed by atoms with Crippen molar-refractivity contribution in [3.8, 4) is 5.75 Å². The molecule has 0 heterocycles. The summed E-state index contributed by atoms with van der Waals surface area (Å²) in [7, 11) is 0. The zero-order valence-corrected chi connectivity index (χ0v) is 16.8. The summed E-state index contributed by atoms with van der Waals surface area (Å²) in [6.45, 7) is 1.84. The van der Waals surface area contributed by atoms with E-state index < -0.39 is 5.97 Å². The molecule has 3 N–H and O–H groups in total. The molecule has 1 aromatic rings. The third-order valence-electron chi connectivity index (χ3n) is 6.67. The van der Waals surface area contributed by atoms with E-state index in [2.05, 4.69) is 13.0 Å². The highest BCUT2D eigenvalue weighted by Gasteiger charge is 2.44. The Kier molecular flexibility index (Phi) is 7.36. The molecular formula is C23H34O5. The van der Waals surface area contributed by atoms with E-state index in [-0.39, 0.29) is 24.7 Å². The number of unbranched alkanes of at least 4 members (excludes halogenated alkanes) is 2. The number of carboxylic acid groups (broad SMARTS) is 1. The summed E-state index contributed by atoms with van der Waals surface area (Å²) in [4.78, 5) is 10.8. The fourth-order valence-corrected chi connectivity index (χ4v) is 5.24. The largest absolute Gasteiger partial charge is 0.482 e. The van der Waals surface area contributed by atoms with Crippen molar-refractivity contribution in [3.63, 3.8) is 0 Å². The van der Waals surface area contributed by atoms with Gasteiger partial charge in [0, 0.05) is 0 Å². The molecule has 0 aliphatic heterocycles. The van der Waals surface area contributed by atoms with Gasteiger partial charge in [-0.2, -0.15) is 0 Å². The zero-order valence-electron chi connectivity index (χ0n) is 16.8. The van der Waals surface area contributed by atoms with Gasteiger partial charge in [0.05, 0.1) is 12.2 Å². The Labute approximate surface area is 167 Å². The zero-order chi connectivity index (χ0) is 20.1. The van der Waals surface area contributed by atoms with Gasteiger partial charge in [-0.15, -0.1) is 0 Å². The minimum absolute atomic E-state index is 0.238. The third kappa shape index (κ3) is 5.06. The Morgan fingerprint density at radius 2 is 2.07 bits per heavy atom. The Hall–Kier alpha value is -1.59. The Balaban J connectivity index is 1.62. The van der Waals surface area contributed by atoms with Crippen LogP contribution in [0.4, 0.5) is 0 Å². The van der Waals surface area contributed by atoms with E-state index in [4.69, 9.17) is 9.84 Å². The number of hydrogen-bond donors (Lipinski definition) is 3. The summed E-state index contributed by atoms with van der Waals surface area (Å²) < 4.78 is 5.50. The van der Waals surface area contributed by atoms with Crippen molar-refractivity contribution in [2.75, 3.05) is 6.61 Å². The summed E-state index contributed by atoms with van der Waals surface area (Å²) >= 11 is 0. The topological polar surface area (TPSA) is 87.0 Å². The molecule has 0 aromatic heterocycles. The third-order valence-corrected chi connectivity index (χ3v) is 6.67. The van der Waals surface area contributed by atoms with E-state index in [1.807, 2.05) is 12.1 Å². The van der Waals surface area contributed by atoms with Gasteiger partial charge in [0.25, 0.3) is 0 Å². The van der Waals surface area contributed by atoms with Gasteiger partial charge >= 0.3 is 5.97 Å². The lowest BCUT2D eigenvalue weighted by Gasteiger charge is -2.32. The van der Waals surface area contributed by atoms with Gasteiger partial charge in [-0.25, -0.2) is 4.79 Å². The second kappa shape index (κ2) is 9.75. The molecule has 28 heavy (non-hydrogen) atoms. The van der Waals surface area contributed by atoms with Crippen LogP contribution in [-0.2, 0) is 17.6 Å². The molecular weight excluding hydrogens is 356 g/mol. The minimum atomic E-state index is -0.972. The van der Waals surface area contributed by atoms with Crippen LogP contribution in [0.25, 0.3) is 0 Å². The van der Waals surface area contributed by atoms with Gasteiger partial charge in [-0.3, -0.25) is 0 Å². The van der Waals surface area contributed by atoms with E-state index in [0.717, 1.165) is 63.4 Å². The van der Waals surface area contributed by atoms with Crippen LogP contribution in [0.5, 0.6) is 5.75 Å². The van der Waals surface area contributed by atoms with E-state index in [0.29, 0.717) is 17.6 Å². The highest BCUT2D eigenvalue weighted by atomic mass is 16.5. The number of aliphatic hydroxyl groups excluding tert-OH is 2. The molecule has 2 aliphatic rings. The molecule has 1 fully saturated rings. The lowest BCUT2D eigenvalue weighted by atomic mass is 9.73. The van der Waals surface area contributed by atoms with Crippen LogP contribution in [0.3, 0.4) is 0 Å². The second-order valence-corrected chi connectivity index (χ2v) is 8.60. The first-order chi connectivity index (χ1) is 13.5. The van der Waals surface area contributed by atoms with Crippen LogP contribution in [-0.4, -0.2) is 40.1 Å². The van der Waals surface area contributed by atoms with Crippen LogP contribution in [0.1, 0.15) is 63.0 Å². The number of hydrogen-bond acceptors (Lipinski definition) is 4. The molecule has 4 unspecified atom stereocenters. The first kappa shape index (κ1) is 21.1. The van der Waals surface area contributed by atoms with Crippen molar-refractivity contribution >= 4 is 5.97 Å². The Morgan fingerprint density at radius 1 is 1.25 bits per heavy atom. The van der Waals surface area contributed by atoms with Gasteiger partial charge in [-0.1, -0.05) is 38.3 Å². The first-order valence-corrected chi connectivity index (χ1v) is 10.8. The van der Waals surface area contributed by atoms with Crippen molar-refractivity contribution in [2.24, 2.45) is 17.8 Å². The average molecular weight is 391 g/mol. The standard InChI is InChI=1S/C23H34O5/c1-2-3-4-7-17(24)9-10-18-19-11-15-6-5-8-22(28-14-23(26)27)20(15)12-16(19)13-21(18)25/h5-6,8,16-19,21,24-25H,2-4,7,9-14H2,1H3,(H,26,27)/t16?,17?,18?,19-,21?/m0/s1. The molecule has 2 aliphatic carbocycles. The van der Waals surface area contributed by atoms with Gasteiger partial charge in [-0.05, 0) is 73.5 Å². The summed E-state index contributed by atoms with van der Waals surface area (Å²) in [5, 5.41) is 29.8. The number of carboxylic acids is 1. The molecule has 156 valence electrons. The van der Waals surface area contributed by atoms with Gasteiger partial charge in [0.1, 0.15) is 5.75 Å². The monoisotopic (exact) mass is 390 g/mol. The predicted molar refractivity (Wildman–Crippen MR) is 107 cm³/mol. The Morgan fingerprint density at radius 3 is 2.82 bits per heavy atom. The molecule has 1 aromatic carbocycles. The number of ether oxygens (including phenoxy) is 1. The van der Waals surface area contributed by atoms with Crippen LogP contribution in [0, 0.1) is 17.8 Å². The van der Waals surface area contributed by atoms with E-state index in [9.17, 15) is 15.0 Å². The van der Waals surface area contributed by atoms with Crippen LogP contribution in [0.15, 0.2) is 18.2 Å². The number of fused-ring (bicyclic) bond motifs is 2. The van der Waals surface area contributed by atoms with Crippen LogP contribution < -0.4 is 4.74 Å². The summed E-state index contributed by atoms with van der Waals surface area (Å²) in [6, 6.07) is 5.87. The summed E-state index contributed by atoms with van der Waals surface area (Å²) in [5.74, 6) is 0.768. The van der Waals surface area contributed by atoms with Crippen molar-refractivity contribution in [2.45, 2.75) is 76.9 Å². The number of aliphatic carboxylic acids is 1. The maximum Gasteiger partial charge on any atom is 0.341 e. The molecule has 3 rings (SSSR count). The summed E-state index contributed by atoms with van der Waals surface area (Å²) in [5.41, 5.74) is 2.32. The molecule has 0 saturated heterocycles. The van der Waals surface area contributed by atoms with E-state index in [1.54, 1.807) is 0 Å². The maximum atomic E-state index is 10.8. The molecule has 0 bridgehead atoms. The smallest absolute Gasteiger partial charge is 0.341 e. The van der Waals surface area contributed by atoms with Gasteiger partial charge in [0.2, 0.25) is 0 Å². The van der Waals surface area contributed by atoms with Crippen molar-refractivity contribution in [3.05, 3.63) is 29.3 Å². The highest BCUT2D eigenvalue weighted by molar-refractivity contribution is 5.68. The number of rotatable bonds is 10. The van der Waals surface area contributed by atoms with Gasteiger partial charge < -0.3 is 20.1 Å². The second-order valence-electron chi connectivity index (χ2n) is 8.60. The molecule has 0 spiro atoms. The fourth-order valence-electron chi connectivity index (χ4n) is 5.24. The average Bonchev–Trinajstić information content (AvgIpc) is 2.97. The molecule has 5 atom stereocenters. The number of aliphatic hydroxyl groups is 2. The SMILES string of the molecule is CCCCCC(O)CCC1C(O)CC2Cc3c(cccc3OCC(=O)O)C[C@@H]21. The Bertz CT molecular complexity index is 658. The molecule has 0 radical (unpaired) electrons. The van der Waals surface area contributed by atoms with Crippen molar-refractivity contribution in [1.29, 1.82) is 0 Å². The number of benzene rings is 1. The van der Waals surface area contributed by atoms with Gasteiger partial charge in [0.15, 0.2) is 6.61 Å². The summed E-state index contributed by atoms with van der Waals surface area (Å²) in [6.07, 6.45) is 7.85. The highest BCUT2D eigenvalue weighted by Crippen LogP contribution is 2.48. The lowest BCUT2D eigenvalue weighted by molar-refractivity contribution is -0.139. The maximum absolute atomic E-state index is 10.8. The lowest BCUT2D eigenvalue weighted by Crippen LogP contribution is -2.28. The van der Waals surface area contributed by atoms with E-state index in [1.165, 1.54) is 5.56 Å². The molecule has 5 nitrogen and oxygen atoms in total. The van der Waals surface area contributed by atoms with Crippen molar-refractivity contribution < 1.29 is 24.9 Å². The normalized spacial score (nSPS) is 27.1. The fraction of sp³-hybridized carbons (Fsp3) is 0.696. The predicted octanol–water partition coefficient (Wildman–Crippen LogP) is 3.58. The minimum Gasteiger partial charge on any atom is -0.482 e. The number of carbonyl (C=O) groups is 1. The van der Waals surface area contributed by atoms with Crippen LogP contribution in [0.2, 0.25) is 0 Å². The molecule has 5 heteroatoms. The molecule has 0 amide bonds. The van der Waals surface area contributed by atoms with Crippen LogP contribution >= 0.6 is 0 Å². The van der Waals surface area contributed by atoms with Crippen molar-refractivity contribution in [1.82, 2.24) is 0 Å². The first-order valence-electron chi connectivity index (χ1n) is 10.8. The molecule has 1 saturated carbocycles.